The second kappa shape index (κ2) is 7.59. The van der Waals surface area contributed by atoms with Gasteiger partial charge in [-0.15, -0.1) is 0 Å². The fraction of sp³-hybridized carbons (Fsp3) is 0.0714. The molecule has 2 rings (SSSR count). The van der Waals surface area contributed by atoms with E-state index in [0.29, 0.717) is 0 Å². The van der Waals surface area contributed by atoms with E-state index in [1.54, 1.807) is 0 Å². The van der Waals surface area contributed by atoms with Gasteiger partial charge in [-0.05, 0) is 10.6 Å². The Morgan fingerprint density at radius 3 is 1.47 bits per heavy atom. The summed E-state index contributed by atoms with van der Waals surface area (Å²) in [7, 11) is 0.777. The topological polar surface area (TPSA) is 37.3 Å². The van der Waals surface area contributed by atoms with Crippen molar-refractivity contribution in [1.29, 1.82) is 0 Å². The van der Waals surface area contributed by atoms with Crippen molar-refractivity contribution in [2.45, 2.75) is 6.92 Å². The van der Waals surface area contributed by atoms with Gasteiger partial charge in [-0.2, -0.15) is 0 Å². The van der Waals surface area contributed by atoms with Crippen LogP contribution in [0.1, 0.15) is 6.92 Å². The number of hydrogen-bond acceptors (Lipinski definition) is 1. The molecule has 0 atom stereocenters. The van der Waals surface area contributed by atoms with E-state index >= 15 is 0 Å². The van der Waals surface area contributed by atoms with E-state index in [-0.39, 0.29) is 0 Å². The van der Waals surface area contributed by atoms with E-state index in [4.69, 9.17) is 9.90 Å². The minimum absolute atomic E-state index is 0.777. The average molecular weight is 246 g/mol. The van der Waals surface area contributed by atoms with Crippen LogP contribution in [0.25, 0.3) is 0 Å². The number of rotatable bonds is 2. The van der Waals surface area contributed by atoms with Gasteiger partial charge >= 0.3 is 0 Å². The Morgan fingerprint density at radius 2 is 1.18 bits per heavy atom. The standard InChI is InChI=1S/C12H11P.C2H4O2/c1-3-7-11(8-4-1)13-12-9-5-2-6-10-12;1-2(3)4/h1-10,13H;1H3,(H,3,4). The molecule has 3 heteroatoms. The van der Waals surface area contributed by atoms with Crippen LogP contribution < -0.4 is 10.6 Å². The minimum atomic E-state index is -0.833. The van der Waals surface area contributed by atoms with Crippen LogP contribution >= 0.6 is 8.58 Å². The van der Waals surface area contributed by atoms with Crippen molar-refractivity contribution in [3.63, 3.8) is 0 Å². The Bertz CT molecular complexity index is 399. The van der Waals surface area contributed by atoms with Crippen molar-refractivity contribution in [3.05, 3.63) is 60.7 Å². The summed E-state index contributed by atoms with van der Waals surface area (Å²) in [5.74, 6) is -0.833. The molecular formula is C14H15O2P. The highest BCUT2D eigenvalue weighted by atomic mass is 31.1. The van der Waals surface area contributed by atoms with Crippen LogP contribution in [-0.2, 0) is 4.79 Å². The molecule has 0 radical (unpaired) electrons. The van der Waals surface area contributed by atoms with E-state index in [9.17, 15) is 0 Å². The average Bonchev–Trinajstić information content (AvgIpc) is 2.31. The van der Waals surface area contributed by atoms with Crippen molar-refractivity contribution < 1.29 is 9.90 Å². The van der Waals surface area contributed by atoms with Crippen LogP contribution in [0, 0.1) is 0 Å². The van der Waals surface area contributed by atoms with E-state index < -0.39 is 5.97 Å². The first kappa shape index (κ1) is 13.4. The summed E-state index contributed by atoms with van der Waals surface area (Å²) in [6.45, 7) is 1.08. The number of benzene rings is 2. The molecule has 0 saturated carbocycles. The zero-order valence-electron chi connectivity index (χ0n) is 9.63. The summed E-state index contributed by atoms with van der Waals surface area (Å²) in [6.07, 6.45) is 0. The van der Waals surface area contributed by atoms with Crippen LogP contribution in [0.2, 0.25) is 0 Å². The number of carbonyl (C=O) groups is 1. The molecule has 2 nitrogen and oxygen atoms in total. The monoisotopic (exact) mass is 246 g/mol. The molecule has 0 unspecified atom stereocenters. The number of carboxylic acid groups (broad SMARTS) is 1. The van der Waals surface area contributed by atoms with E-state index in [2.05, 4.69) is 60.7 Å². The second-order valence-corrected chi connectivity index (χ2v) is 4.78. The SMILES string of the molecule is CC(=O)O.c1ccc(Pc2ccccc2)cc1. The van der Waals surface area contributed by atoms with Gasteiger partial charge in [-0.3, -0.25) is 4.79 Å². The van der Waals surface area contributed by atoms with Gasteiger partial charge < -0.3 is 5.11 Å². The minimum Gasteiger partial charge on any atom is -0.481 e. The van der Waals surface area contributed by atoms with E-state index in [1.807, 2.05) is 0 Å². The summed E-state index contributed by atoms with van der Waals surface area (Å²) in [6, 6.07) is 21.2. The zero-order valence-corrected chi connectivity index (χ0v) is 10.6. The molecule has 0 aliphatic rings. The maximum atomic E-state index is 9.00. The molecule has 1 N–H and O–H groups in total. The molecule has 2 aromatic rings. The Hall–Kier alpha value is -1.66. The molecule has 0 heterocycles. The molecule has 0 aromatic heterocycles. The molecule has 0 aliphatic heterocycles. The highest BCUT2D eigenvalue weighted by molar-refractivity contribution is 7.55. The van der Waals surface area contributed by atoms with Crippen molar-refractivity contribution in [1.82, 2.24) is 0 Å². The smallest absolute Gasteiger partial charge is 0.300 e. The van der Waals surface area contributed by atoms with Crippen LogP contribution in [0.4, 0.5) is 0 Å². The van der Waals surface area contributed by atoms with Gasteiger partial charge in [-0.1, -0.05) is 69.2 Å². The summed E-state index contributed by atoms with van der Waals surface area (Å²) in [4.78, 5) is 9.00. The Balaban J connectivity index is 0.000000317. The van der Waals surface area contributed by atoms with Crippen molar-refractivity contribution in [2.24, 2.45) is 0 Å². The molecule has 17 heavy (non-hydrogen) atoms. The lowest BCUT2D eigenvalue weighted by Crippen LogP contribution is -2.01. The summed E-state index contributed by atoms with van der Waals surface area (Å²) < 4.78 is 0. The lowest BCUT2D eigenvalue weighted by molar-refractivity contribution is -0.134. The van der Waals surface area contributed by atoms with Gasteiger partial charge in [0.1, 0.15) is 0 Å². The highest BCUT2D eigenvalue weighted by Crippen LogP contribution is 2.08. The van der Waals surface area contributed by atoms with Gasteiger partial charge in [0.05, 0.1) is 0 Å². The number of aliphatic carboxylic acids is 1. The van der Waals surface area contributed by atoms with E-state index in [0.717, 1.165) is 15.5 Å². The molecule has 0 fully saturated rings. The van der Waals surface area contributed by atoms with Gasteiger partial charge in [0.25, 0.3) is 5.97 Å². The van der Waals surface area contributed by atoms with Gasteiger partial charge in [0.2, 0.25) is 0 Å². The Morgan fingerprint density at radius 1 is 0.882 bits per heavy atom. The van der Waals surface area contributed by atoms with Gasteiger partial charge in [0.15, 0.2) is 0 Å². The quantitative estimate of drug-likeness (QED) is 0.826. The van der Waals surface area contributed by atoms with Crippen LogP contribution in [0.5, 0.6) is 0 Å². The molecule has 88 valence electrons. The Kier molecular flexibility index (Phi) is 5.98. The zero-order chi connectivity index (χ0) is 12.5. The van der Waals surface area contributed by atoms with Crippen molar-refractivity contribution in [2.75, 3.05) is 0 Å². The maximum absolute atomic E-state index is 9.00. The fourth-order valence-corrected chi connectivity index (χ4v) is 2.26. The maximum Gasteiger partial charge on any atom is 0.300 e. The van der Waals surface area contributed by atoms with Crippen LogP contribution in [-0.4, -0.2) is 11.1 Å². The van der Waals surface area contributed by atoms with Gasteiger partial charge in [-0.25, -0.2) is 0 Å². The third kappa shape index (κ3) is 6.49. The predicted octanol–water partition coefficient (Wildman–Crippen LogP) is 2.41. The van der Waals surface area contributed by atoms with Crippen molar-refractivity contribution in [3.8, 4) is 0 Å². The van der Waals surface area contributed by atoms with Gasteiger partial charge in [0, 0.05) is 6.92 Å². The molecule has 0 spiro atoms. The molecular weight excluding hydrogens is 231 g/mol. The lowest BCUT2D eigenvalue weighted by Gasteiger charge is -2.00. The first-order valence-electron chi connectivity index (χ1n) is 5.25. The number of hydrogen-bond donors (Lipinski definition) is 1. The third-order valence-electron chi connectivity index (χ3n) is 1.84. The van der Waals surface area contributed by atoms with Crippen LogP contribution in [0.3, 0.4) is 0 Å². The largest absolute Gasteiger partial charge is 0.481 e. The second-order valence-electron chi connectivity index (χ2n) is 3.38. The molecule has 2 aromatic carbocycles. The summed E-state index contributed by atoms with van der Waals surface area (Å²) in [5.41, 5.74) is 0. The molecule has 0 aliphatic carbocycles. The fourth-order valence-electron chi connectivity index (χ4n) is 1.21. The van der Waals surface area contributed by atoms with Crippen molar-refractivity contribution >= 4 is 25.2 Å². The summed E-state index contributed by atoms with van der Waals surface area (Å²) in [5, 5.41) is 10.2. The predicted molar refractivity (Wildman–Crippen MR) is 73.8 cm³/mol. The molecule has 0 saturated heterocycles. The molecule has 0 amide bonds. The summed E-state index contributed by atoms with van der Waals surface area (Å²) >= 11 is 0. The highest BCUT2D eigenvalue weighted by Gasteiger charge is 1.92. The Labute approximate surface area is 103 Å². The first-order valence-corrected chi connectivity index (χ1v) is 6.25. The lowest BCUT2D eigenvalue weighted by atomic mass is 10.4. The third-order valence-corrected chi connectivity index (χ3v) is 3.08. The van der Waals surface area contributed by atoms with Crippen LogP contribution in [0.15, 0.2) is 60.7 Å². The first-order chi connectivity index (χ1) is 8.18. The van der Waals surface area contributed by atoms with E-state index in [1.165, 1.54) is 10.6 Å². The molecule has 0 bridgehead atoms. The number of carboxylic acids is 1. The normalized spacial score (nSPS) is 9.00.